The number of rotatable bonds is 6. The highest BCUT2D eigenvalue weighted by Crippen LogP contribution is 2.30. The van der Waals surface area contributed by atoms with E-state index in [4.69, 9.17) is 9.15 Å². The van der Waals surface area contributed by atoms with Gasteiger partial charge in [0.25, 0.3) is 11.8 Å². The van der Waals surface area contributed by atoms with Gasteiger partial charge in [0.15, 0.2) is 5.76 Å². The summed E-state index contributed by atoms with van der Waals surface area (Å²) < 4.78 is 12.7. The highest BCUT2D eigenvalue weighted by molar-refractivity contribution is 6.05. The maximum atomic E-state index is 13.3. The number of aromatic nitrogens is 2. The molecule has 2 saturated heterocycles. The van der Waals surface area contributed by atoms with Crippen LogP contribution in [0.3, 0.4) is 0 Å². The van der Waals surface area contributed by atoms with Crippen LogP contribution in [0, 0.1) is 5.41 Å². The zero-order valence-corrected chi connectivity index (χ0v) is 18.0. The minimum atomic E-state index is -0.699. The van der Waals surface area contributed by atoms with Crippen molar-refractivity contribution in [1.29, 1.82) is 0 Å². The average molecular weight is 429 g/mol. The van der Waals surface area contributed by atoms with Crippen LogP contribution in [0.5, 0.6) is 0 Å². The van der Waals surface area contributed by atoms with Crippen LogP contribution in [0.25, 0.3) is 0 Å². The lowest BCUT2D eigenvalue weighted by Gasteiger charge is -2.30. The Kier molecular flexibility index (Phi) is 5.57. The molecule has 2 aromatic heterocycles. The van der Waals surface area contributed by atoms with E-state index in [1.54, 1.807) is 34.5 Å². The summed E-state index contributed by atoms with van der Waals surface area (Å²) >= 11 is 0. The molecule has 1 unspecified atom stereocenters. The zero-order chi connectivity index (χ0) is 22.2. The maximum Gasteiger partial charge on any atom is 0.327 e. The second-order valence-corrected chi connectivity index (χ2v) is 8.76. The molecule has 10 heteroatoms. The first kappa shape index (κ1) is 21.1. The molecule has 4 rings (SSSR count). The minimum Gasteiger partial charge on any atom is -0.454 e. The van der Waals surface area contributed by atoms with E-state index in [1.807, 2.05) is 24.6 Å². The van der Waals surface area contributed by atoms with Crippen LogP contribution in [0.2, 0.25) is 0 Å². The van der Waals surface area contributed by atoms with Gasteiger partial charge in [-0.1, -0.05) is 13.8 Å². The molecule has 2 fully saturated rings. The third kappa shape index (κ3) is 4.20. The monoisotopic (exact) mass is 429 g/mol. The molecule has 2 aliphatic heterocycles. The quantitative estimate of drug-likeness (QED) is 0.642. The summed E-state index contributed by atoms with van der Waals surface area (Å²) in [5, 5.41) is 0. The molecule has 166 valence electrons. The van der Waals surface area contributed by atoms with Crippen molar-refractivity contribution in [3.8, 4) is 0 Å². The van der Waals surface area contributed by atoms with Crippen molar-refractivity contribution in [2.45, 2.75) is 26.4 Å². The number of amides is 4. The van der Waals surface area contributed by atoms with Gasteiger partial charge in [-0.15, -0.1) is 0 Å². The van der Waals surface area contributed by atoms with Crippen LogP contribution < -0.4 is 0 Å². The summed E-state index contributed by atoms with van der Waals surface area (Å²) in [5.41, 5.74) is -0.385. The molecular formula is C21H27N5O5. The van der Waals surface area contributed by atoms with Gasteiger partial charge in [-0.05, 0) is 12.1 Å². The number of hydrogen-bond donors (Lipinski definition) is 0. The Morgan fingerprint density at radius 3 is 2.81 bits per heavy atom. The van der Waals surface area contributed by atoms with E-state index in [-0.39, 0.29) is 48.7 Å². The Morgan fingerprint density at radius 1 is 1.29 bits per heavy atom. The largest absolute Gasteiger partial charge is 0.454 e. The highest BCUT2D eigenvalue weighted by atomic mass is 16.5. The number of ether oxygens (including phenoxy) is 1. The summed E-state index contributed by atoms with van der Waals surface area (Å²) in [6.07, 6.45) is 5.16. The van der Waals surface area contributed by atoms with Crippen molar-refractivity contribution in [2.24, 2.45) is 5.41 Å². The zero-order valence-electron chi connectivity index (χ0n) is 18.0. The van der Waals surface area contributed by atoms with Gasteiger partial charge >= 0.3 is 6.03 Å². The predicted molar refractivity (Wildman–Crippen MR) is 109 cm³/mol. The number of imide groups is 1. The van der Waals surface area contributed by atoms with Crippen LogP contribution in [-0.4, -0.2) is 88.0 Å². The van der Waals surface area contributed by atoms with Crippen LogP contribution >= 0.6 is 0 Å². The van der Waals surface area contributed by atoms with Crippen LogP contribution in [0.1, 0.15) is 30.2 Å². The van der Waals surface area contributed by atoms with Crippen LogP contribution in [0.4, 0.5) is 4.79 Å². The Morgan fingerprint density at radius 2 is 2.10 bits per heavy atom. The molecule has 0 N–H and O–H groups in total. The summed E-state index contributed by atoms with van der Waals surface area (Å²) in [6.45, 7) is 5.84. The topological polar surface area (TPSA) is 101 Å². The molecule has 4 amide bonds. The lowest BCUT2D eigenvalue weighted by atomic mass is 9.92. The number of carbonyl (C=O) groups excluding carboxylic acids is 3. The van der Waals surface area contributed by atoms with Crippen molar-refractivity contribution < 1.29 is 23.5 Å². The SMILES string of the molecule is COCCN1C(=O)C2CN(C(=O)c3ccc(Cn4ccnc4)o3)CC(C)(C)CN2C1=O. The van der Waals surface area contributed by atoms with Crippen molar-refractivity contribution in [2.75, 3.05) is 39.9 Å². The third-order valence-electron chi connectivity index (χ3n) is 5.59. The Hall–Kier alpha value is -3.14. The van der Waals surface area contributed by atoms with Gasteiger partial charge in [0, 0.05) is 38.0 Å². The summed E-state index contributed by atoms with van der Waals surface area (Å²) in [6, 6.07) is 2.39. The summed E-state index contributed by atoms with van der Waals surface area (Å²) in [5.74, 6) is 0.266. The second-order valence-electron chi connectivity index (χ2n) is 8.76. The first-order valence-electron chi connectivity index (χ1n) is 10.2. The van der Waals surface area contributed by atoms with Gasteiger partial charge in [0.2, 0.25) is 0 Å². The molecule has 2 aromatic rings. The van der Waals surface area contributed by atoms with Gasteiger partial charge in [-0.3, -0.25) is 14.5 Å². The molecule has 2 aliphatic rings. The number of carbonyl (C=O) groups is 3. The molecule has 31 heavy (non-hydrogen) atoms. The van der Waals surface area contributed by atoms with E-state index in [2.05, 4.69) is 4.98 Å². The van der Waals surface area contributed by atoms with E-state index in [0.29, 0.717) is 25.4 Å². The summed E-state index contributed by atoms with van der Waals surface area (Å²) in [7, 11) is 1.53. The predicted octanol–water partition coefficient (Wildman–Crippen LogP) is 1.29. The standard InChI is InChI=1S/C21H27N5O5/c1-21(2)12-24(11-16-18(27)25(8-9-30-3)20(29)26(16)13-21)19(28)17-5-4-15(31-17)10-23-7-6-22-14-23/h4-7,14,16H,8-13H2,1-3H3. The molecule has 0 spiro atoms. The number of nitrogens with zero attached hydrogens (tertiary/aromatic N) is 5. The van der Waals surface area contributed by atoms with Gasteiger partial charge in [0.05, 0.1) is 32.6 Å². The Labute approximate surface area is 180 Å². The highest BCUT2D eigenvalue weighted by Gasteiger charge is 2.50. The molecule has 10 nitrogen and oxygen atoms in total. The smallest absolute Gasteiger partial charge is 0.327 e. The number of imidazole rings is 1. The van der Waals surface area contributed by atoms with Crippen molar-refractivity contribution in [1.82, 2.24) is 24.3 Å². The van der Waals surface area contributed by atoms with Gasteiger partial charge < -0.3 is 23.5 Å². The van der Waals surface area contributed by atoms with Crippen LogP contribution in [0.15, 0.2) is 35.3 Å². The van der Waals surface area contributed by atoms with E-state index >= 15 is 0 Å². The number of fused-ring (bicyclic) bond motifs is 1. The van der Waals surface area contributed by atoms with Gasteiger partial charge in [-0.25, -0.2) is 9.78 Å². The molecule has 1 atom stereocenters. The van der Waals surface area contributed by atoms with E-state index < -0.39 is 6.04 Å². The number of furan rings is 1. The number of urea groups is 1. The molecule has 0 aliphatic carbocycles. The number of hydrogen-bond acceptors (Lipinski definition) is 6. The first-order chi connectivity index (χ1) is 14.8. The minimum absolute atomic E-state index is 0.133. The van der Waals surface area contributed by atoms with Crippen molar-refractivity contribution in [3.63, 3.8) is 0 Å². The molecule has 4 heterocycles. The normalized spacial score (nSPS) is 20.9. The molecule has 0 aromatic carbocycles. The van der Waals surface area contributed by atoms with Gasteiger partial charge in [-0.2, -0.15) is 0 Å². The van der Waals surface area contributed by atoms with Crippen molar-refractivity contribution in [3.05, 3.63) is 42.4 Å². The summed E-state index contributed by atoms with van der Waals surface area (Å²) in [4.78, 5) is 47.5. The molecule has 0 saturated carbocycles. The molecule has 0 radical (unpaired) electrons. The van der Waals surface area contributed by atoms with E-state index in [0.717, 1.165) is 0 Å². The Balaban J connectivity index is 1.53. The molecule has 0 bridgehead atoms. The fourth-order valence-corrected chi connectivity index (χ4v) is 4.19. The van der Waals surface area contributed by atoms with Gasteiger partial charge in [0.1, 0.15) is 11.8 Å². The number of methoxy groups -OCH3 is 1. The fourth-order valence-electron chi connectivity index (χ4n) is 4.19. The van der Waals surface area contributed by atoms with Crippen molar-refractivity contribution >= 4 is 17.8 Å². The van der Waals surface area contributed by atoms with Crippen LogP contribution in [-0.2, 0) is 16.1 Å². The third-order valence-corrected chi connectivity index (χ3v) is 5.59. The maximum absolute atomic E-state index is 13.3. The average Bonchev–Trinajstić information content (AvgIpc) is 3.42. The lowest BCUT2D eigenvalue weighted by molar-refractivity contribution is -0.128. The van der Waals surface area contributed by atoms with E-state index in [9.17, 15) is 14.4 Å². The van der Waals surface area contributed by atoms with E-state index in [1.165, 1.54) is 12.0 Å². The fraction of sp³-hybridized carbons (Fsp3) is 0.524. The Bertz CT molecular complexity index is 967. The first-order valence-corrected chi connectivity index (χ1v) is 10.2. The lowest BCUT2D eigenvalue weighted by Crippen LogP contribution is -2.44. The second kappa shape index (κ2) is 8.18. The molecular weight excluding hydrogens is 402 g/mol.